The van der Waals surface area contributed by atoms with Gasteiger partial charge in [0.2, 0.25) is 0 Å². The zero-order valence-electron chi connectivity index (χ0n) is 5.70. The number of thiol groups is 1. The van der Waals surface area contributed by atoms with Gasteiger partial charge >= 0.3 is 73.2 Å². The summed E-state index contributed by atoms with van der Waals surface area (Å²) in [6.45, 7) is 0. The van der Waals surface area contributed by atoms with Gasteiger partial charge < -0.3 is 12.3 Å². The fourth-order valence-corrected chi connectivity index (χ4v) is 3.00. The molecule has 0 heterocycles. The van der Waals surface area contributed by atoms with Gasteiger partial charge in [-0.15, -0.1) is 0 Å². The van der Waals surface area contributed by atoms with Crippen molar-refractivity contribution in [3.05, 3.63) is 0 Å². The molecule has 4 nitrogen and oxygen atoms in total. The predicted molar refractivity (Wildman–Crippen MR) is 48.6 cm³/mol. The van der Waals surface area contributed by atoms with Gasteiger partial charge in [-0.3, -0.25) is 0 Å². The van der Waals surface area contributed by atoms with Crippen molar-refractivity contribution >= 4 is 35.6 Å². The number of hydrogen-bond donors (Lipinski definition) is 4. The van der Waals surface area contributed by atoms with E-state index in [1.54, 1.807) is 0 Å². The van der Waals surface area contributed by atoms with Crippen LogP contribution in [-0.2, 0) is 20.0 Å². The normalized spacial score (nSPS) is 12.2. The first-order valence-electron chi connectivity index (χ1n) is 1.95. The Hall–Kier alpha value is 1.17. The van der Waals surface area contributed by atoms with E-state index in [2.05, 4.69) is 12.6 Å². The molecule has 0 fully saturated rings. The zero-order chi connectivity index (χ0) is 7.44. The average Bonchev–Trinajstić information content (AvgIpc) is 1.84. The van der Waals surface area contributed by atoms with Gasteiger partial charge in [-0.05, 0) is 0 Å². The topological polar surface area (TPSA) is 113 Å². The minimum atomic E-state index is -2.37. The summed E-state index contributed by atoms with van der Waals surface area (Å²) < 4.78 is -0.224. The van der Waals surface area contributed by atoms with Crippen molar-refractivity contribution in [2.45, 2.75) is 6.04 Å². The van der Waals surface area contributed by atoms with Crippen LogP contribution in [0.5, 0.6) is 0 Å². The van der Waals surface area contributed by atoms with Crippen LogP contribution in [0, 0.1) is 0 Å². The Balaban J connectivity index is -0.000000320. The van der Waals surface area contributed by atoms with E-state index in [1.165, 1.54) is 0 Å². The summed E-state index contributed by atoms with van der Waals surface area (Å²) in [6, 6.07) is -0.575. The Morgan fingerprint density at radius 3 is 2.00 bits per heavy atom. The van der Waals surface area contributed by atoms with E-state index in [4.69, 9.17) is 24.6 Å². The molecule has 11 heavy (non-hydrogen) atoms. The number of carbonyl (C=O) groups excluding carboxylic acids is 1. The SMILES string of the molecule is N.N.N[C@@H](CS)[C](=O)[Pt]([Cl])[Cl]. The summed E-state index contributed by atoms with van der Waals surface area (Å²) in [5, 5.41) is 0. The summed E-state index contributed by atoms with van der Waals surface area (Å²) in [5.74, 6) is 0.312. The van der Waals surface area contributed by atoms with Crippen molar-refractivity contribution in [1.82, 2.24) is 12.3 Å². The standard InChI is InChI=1S/C3H6NOS.2ClH.2H3N.Pt/c4-3(1-5)2-6;;;;;/h3,6H,2,4H2;2*1H;2*1H3;/q;;;;;+2/p-2/t3-;;;;;/m1...../s1. The van der Waals surface area contributed by atoms with Crippen LogP contribution in [-0.4, -0.2) is 16.0 Å². The van der Waals surface area contributed by atoms with Crippen LogP contribution in [0.15, 0.2) is 0 Å². The van der Waals surface area contributed by atoms with Gasteiger partial charge in [0.15, 0.2) is 0 Å². The number of halogens is 2. The third kappa shape index (κ3) is 7.53. The summed E-state index contributed by atoms with van der Waals surface area (Å²) in [5.41, 5.74) is 5.26. The van der Waals surface area contributed by atoms with Crippen LogP contribution in [0.1, 0.15) is 0 Å². The molecule has 0 aromatic heterocycles. The van der Waals surface area contributed by atoms with Crippen molar-refractivity contribution in [2.75, 3.05) is 5.75 Å². The second-order valence-corrected chi connectivity index (χ2v) is 8.81. The van der Waals surface area contributed by atoms with Crippen LogP contribution in [0.3, 0.4) is 0 Å². The molecule has 0 aromatic rings. The fraction of sp³-hybridized carbons (Fsp3) is 0.667. The molecular weight excluding hydrogens is 392 g/mol. The van der Waals surface area contributed by atoms with Crippen LogP contribution in [0.25, 0.3) is 0 Å². The van der Waals surface area contributed by atoms with Crippen LogP contribution >= 0.6 is 31.5 Å². The summed E-state index contributed by atoms with van der Waals surface area (Å²) >= 11 is 1.44. The Bertz CT molecular complexity index is 117. The molecule has 0 radical (unpaired) electrons. The average molecular weight is 404 g/mol. The van der Waals surface area contributed by atoms with Crippen molar-refractivity contribution in [3.63, 3.8) is 0 Å². The van der Waals surface area contributed by atoms with Gasteiger partial charge in [0.25, 0.3) is 0 Å². The van der Waals surface area contributed by atoms with Crippen molar-refractivity contribution in [2.24, 2.45) is 5.73 Å². The van der Waals surface area contributed by atoms with Gasteiger partial charge in [0, 0.05) is 0 Å². The van der Waals surface area contributed by atoms with Crippen molar-refractivity contribution in [1.29, 1.82) is 0 Å². The molecular formula is C3H12Cl2N3OPtS. The van der Waals surface area contributed by atoms with E-state index in [9.17, 15) is 4.79 Å². The maximum atomic E-state index is 10.7. The molecule has 0 aliphatic heterocycles. The van der Waals surface area contributed by atoms with Gasteiger partial charge in [-0.25, -0.2) is 0 Å². The summed E-state index contributed by atoms with van der Waals surface area (Å²) in [7, 11) is 10.7. The Labute approximate surface area is 85.2 Å². The monoisotopic (exact) mass is 403 g/mol. The molecule has 75 valence electrons. The number of hydrogen-bond acceptors (Lipinski definition) is 5. The second-order valence-electron chi connectivity index (χ2n) is 1.23. The number of carbonyl (C=O) groups is 1. The van der Waals surface area contributed by atoms with Crippen molar-refractivity contribution < 1.29 is 20.0 Å². The van der Waals surface area contributed by atoms with Gasteiger partial charge in [-0.2, -0.15) is 0 Å². The molecule has 1 atom stereocenters. The summed E-state index contributed by atoms with van der Waals surface area (Å²) in [6.07, 6.45) is 0. The number of nitrogens with two attached hydrogens (primary N) is 1. The molecule has 0 saturated carbocycles. The van der Waals surface area contributed by atoms with E-state index in [-0.39, 0.29) is 16.5 Å². The second kappa shape index (κ2) is 9.26. The van der Waals surface area contributed by atoms with E-state index in [0.29, 0.717) is 5.75 Å². The Morgan fingerprint density at radius 1 is 1.55 bits per heavy atom. The van der Waals surface area contributed by atoms with Gasteiger partial charge in [0.05, 0.1) is 0 Å². The first kappa shape index (κ1) is 18.1. The van der Waals surface area contributed by atoms with E-state index in [1.807, 2.05) is 0 Å². The minimum absolute atomic E-state index is 0. The molecule has 0 unspecified atom stereocenters. The molecule has 0 aliphatic carbocycles. The Morgan fingerprint density at radius 2 is 1.91 bits per heavy atom. The van der Waals surface area contributed by atoms with Gasteiger partial charge in [0.1, 0.15) is 0 Å². The molecule has 0 saturated heterocycles. The summed E-state index contributed by atoms with van der Waals surface area (Å²) in [4.78, 5) is 10.7. The molecule has 0 amide bonds. The first-order valence-corrected chi connectivity index (χ1v) is 9.35. The molecule has 0 aliphatic rings. The fourth-order valence-electron chi connectivity index (χ4n) is 0.155. The Kier molecular flexibility index (Phi) is 15.2. The molecule has 8 N–H and O–H groups in total. The van der Waals surface area contributed by atoms with E-state index < -0.39 is 21.3 Å². The quantitative estimate of drug-likeness (QED) is 0.526. The molecule has 0 rings (SSSR count). The van der Waals surface area contributed by atoms with E-state index >= 15 is 0 Å². The molecule has 0 bridgehead atoms. The van der Waals surface area contributed by atoms with Crippen molar-refractivity contribution in [3.8, 4) is 0 Å². The van der Waals surface area contributed by atoms with Crippen LogP contribution in [0.2, 0.25) is 0 Å². The van der Waals surface area contributed by atoms with Crippen LogP contribution in [0.4, 0.5) is 0 Å². The predicted octanol–water partition coefficient (Wildman–Crippen LogP) is 1.02. The third-order valence-corrected chi connectivity index (χ3v) is 4.59. The maximum absolute atomic E-state index is 10.7. The molecule has 0 spiro atoms. The zero-order valence-corrected chi connectivity index (χ0v) is 10.4. The molecule has 0 aromatic carbocycles. The van der Waals surface area contributed by atoms with Crippen LogP contribution < -0.4 is 18.0 Å². The third-order valence-electron chi connectivity index (χ3n) is 0.583. The van der Waals surface area contributed by atoms with Gasteiger partial charge in [-0.1, -0.05) is 0 Å². The first-order chi connectivity index (χ1) is 4.09. The van der Waals surface area contributed by atoms with E-state index in [0.717, 1.165) is 0 Å². The number of rotatable bonds is 3. The molecule has 8 heteroatoms.